The summed E-state index contributed by atoms with van der Waals surface area (Å²) >= 11 is 1.73. The van der Waals surface area contributed by atoms with E-state index in [1.807, 2.05) is 0 Å². The van der Waals surface area contributed by atoms with Crippen molar-refractivity contribution in [1.29, 1.82) is 0 Å². The molecule has 0 spiro atoms. The van der Waals surface area contributed by atoms with Gasteiger partial charge in [-0.05, 0) is 53.8 Å². The van der Waals surface area contributed by atoms with Crippen molar-refractivity contribution in [3.05, 3.63) is 108 Å². The summed E-state index contributed by atoms with van der Waals surface area (Å²) in [5.41, 5.74) is 5.17. The predicted molar refractivity (Wildman–Crippen MR) is 122 cm³/mol. The highest BCUT2D eigenvalue weighted by Crippen LogP contribution is 2.49. The zero-order chi connectivity index (χ0) is 19.2. The monoisotopic (exact) mass is 385 g/mol. The molecule has 28 heavy (non-hydrogen) atoms. The van der Waals surface area contributed by atoms with Crippen LogP contribution in [0.5, 0.6) is 0 Å². The molecule has 1 fully saturated rings. The van der Waals surface area contributed by atoms with Crippen LogP contribution in [-0.2, 0) is 4.75 Å². The molecule has 4 rings (SSSR count). The van der Waals surface area contributed by atoms with E-state index in [0.29, 0.717) is 5.92 Å². The van der Waals surface area contributed by atoms with Gasteiger partial charge in [0, 0.05) is 5.71 Å². The minimum atomic E-state index is -0.353. The molecule has 0 aromatic heterocycles. The third kappa shape index (κ3) is 3.79. The smallest absolute Gasteiger partial charge is 0.112 e. The van der Waals surface area contributed by atoms with E-state index in [1.54, 1.807) is 11.9 Å². The first-order chi connectivity index (χ1) is 13.8. The third-order valence-electron chi connectivity index (χ3n) is 5.73. The molecule has 1 nitrogen and oxygen atoms in total. The summed E-state index contributed by atoms with van der Waals surface area (Å²) in [6.07, 6.45) is 4.97. The van der Waals surface area contributed by atoms with Gasteiger partial charge in [-0.1, -0.05) is 104 Å². The van der Waals surface area contributed by atoms with Crippen molar-refractivity contribution in [1.82, 2.24) is 0 Å². The molecular weight excluding hydrogens is 358 g/mol. The Morgan fingerprint density at radius 2 is 1.18 bits per heavy atom. The second-order valence-electron chi connectivity index (χ2n) is 7.60. The zero-order valence-electron chi connectivity index (χ0n) is 16.4. The van der Waals surface area contributed by atoms with Crippen molar-refractivity contribution >= 4 is 17.7 Å². The lowest BCUT2D eigenvalue weighted by atomic mass is 9.84. The third-order valence-corrected chi connectivity index (χ3v) is 7.04. The van der Waals surface area contributed by atoms with Crippen molar-refractivity contribution in [3.63, 3.8) is 0 Å². The molecule has 0 heterocycles. The average molecular weight is 386 g/mol. The number of hydrogen-bond donors (Lipinski definition) is 0. The minimum Gasteiger partial charge on any atom is -0.224 e. The van der Waals surface area contributed by atoms with Gasteiger partial charge in [0.2, 0.25) is 0 Å². The predicted octanol–water partition coefficient (Wildman–Crippen LogP) is 7.28. The normalized spacial score (nSPS) is 18.9. The molecule has 1 aliphatic rings. The van der Waals surface area contributed by atoms with Crippen LogP contribution in [0.3, 0.4) is 0 Å². The number of benzene rings is 3. The fourth-order valence-corrected chi connectivity index (χ4v) is 5.36. The Morgan fingerprint density at radius 1 is 0.714 bits per heavy atom. The number of rotatable bonds is 5. The van der Waals surface area contributed by atoms with E-state index in [2.05, 4.69) is 97.9 Å². The van der Waals surface area contributed by atoms with Crippen molar-refractivity contribution in [3.8, 4) is 0 Å². The van der Waals surface area contributed by atoms with Crippen LogP contribution in [0.25, 0.3) is 0 Å². The molecule has 3 aromatic rings. The molecule has 3 aromatic carbocycles. The van der Waals surface area contributed by atoms with E-state index in [-0.39, 0.29) is 4.75 Å². The SMILES string of the molecule is C[C@@H]1CCCCC1=NSC(c1ccccc1)(c1ccccc1)c1ccccc1. The van der Waals surface area contributed by atoms with Crippen LogP contribution < -0.4 is 0 Å². The highest BCUT2D eigenvalue weighted by atomic mass is 32.2. The van der Waals surface area contributed by atoms with E-state index < -0.39 is 0 Å². The maximum atomic E-state index is 5.20. The first-order valence-electron chi connectivity index (χ1n) is 10.2. The van der Waals surface area contributed by atoms with E-state index in [9.17, 15) is 0 Å². The molecule has 0 unspecified atom stereocenters. The van der Waals surface area contributed by atoms with E-state index in [4.69, 9.17) is 4.40 Å². The summed E-state index contributed by atoms with van der Waals surface area (Å²) in [5.74, 6) is 0.585. The summed E-state index contributed by atoms with van der Waals surface area (Å²) in [5, 5.41) is 0. The molecule has 0 N–H and O–H groups in total. The molecule has 0 radical (unpaired) electrons. The van der Waals surface area contributed by atoms with Gasteiger partial charge < -0.3 is 0 Å². The van der Waals surface area contributed by atoms with Crippen LogP contribution >= 0.6 is 11.9 Å². The van der Waals surface area contributed by atoms with Gasteiger partial charge >= 0.3 is 0 Å². The fraction of sp³-hybridized carbons (Fsp3) is 0.269. The van der Waals surface area contributed by atoms with Crippen LogP contribution in [0.1, 0.15) is 49.3 Å². The van der Waals surface area contributed by atoms with E-state index in [1.165, 1.54) is 41.7 Å². The Kier molecular flexibility index (Phi) is 5.97. The summed E-state index contributed by atoms with van der Waals surface area (Å²) in [4.78, 5) is 0. The minimum absolute atomic E-state index is 0.353. The van der Waals surface area contributed by atoms with Crippen molar-refractivity contribution in [2.24, 2.45) is 10.3 Å². The Bertz CT molecular complexity index is 806. The van der Waals surface area contributed by atoms with Gasteiger partial charge in [0.1, 0.15) is 4.75 Å². The Balaban J connectivity index is 1.89. The second kappa shape index (κ2) is 8.79. The van der Waals surface area contributed by atoms with Crippen LogP contribution in [0.2, 0.25) is 0 Å². The lowest BCUT2D eigenvalue weighted by Gasteiger charge is -2.34. The Labute approximate surface area is 173 Å². The standard InChI is InChI=1S/C26H27NS/c1-21-13-11-12-20-25(21)27-28-26(22-14-5-2-6-15-22,23-16-7-3-8-17-23)24-18-9-4-10-19-24/h2-10,14-19,21H,11-13,20H2,1H3/t21-/m1/s1. The van der Waals surface area contributed by atoms with Gasteiger partial charge in [-0.2, -0.15) is 0 Å². The zero-order valence-corrected chi connectivity index (χ0v) is 17.2. The van der Waals surface area contributed by atoms with Crippen LogP contribution in [0, 0.1) is 5.92 Å². The highest BCUT2D eigenvalue weighted by molar-refractivity contribution is 7.99. The number of nitrogens with zero attached hydrogens (tertiary/aromatic N) is 1. The Hall–Kier alpha value is -2.32. The molecule has 1 saturated carbocycles. The molecule has 1 atom stereocenters. The maximum Gasteiger partial charge on any atom is 0.112 e. The first-order valence-corrected chi connectivity index (χ1v) is 11.0. The molecule has 1 aliphatic carbocycles. The maximum absolute atomic E-state index is 5.20. The molecular formula is C26H27NS. The van der Waals surface area contributed by atoms with Crippen molar-refractivity contribution in [2.45, 2.75) is 37.4 Å². The average Bonchev–Trinajstić information content (AvgIpc) is 2.78. The molecule has 0 amide bonds. The summed E-state index contributed by atoms with van der Waals surface area (Å²) in [6.45, 7) is 2.33. The van der Waals surface area contributed by atoms with E-state index in [0.717, 1.165) is 6.42 Å². The van der Waals surface area contributed by atoms with Gasteiger partial charge in [0.15, 0.2) is 0 Å². The highest BCUT2D eigenvalue weighted by Gasteiger charge is 2.38. The second-order valence-corrected chi connectivity index (χ2v) is 8.58. The molecule has 0 aliphatic heterocycles. The Morgan fingerprint density at radius 3 is 1.61 bits per heavy atom. The van der Waals surface area contributed by atoms with Crippen LogP contribution in [-0.4, -0.2) is 5.71 Å². The van der Waals surface area contributed by atoms with Crippen LogP contribution in [0.15, 0.2) is 95.4 Å². The molecule has 0 saturated heterocycles. The van der Waals surface area contributed by atoms with Gasteiger partial charge in [0.05, 0.1) is 0 Å². The van der Waals surface area contributed by atoms with Gasteiger partial charge in [-0.25, -0.2) is 4.40 Å². The van der Waals surface area contributed by atoms with Crippen molar-refractivity contribution < 1.29 is 0 Å². The molecule has 0 bridgehead atoms. The first kappa shape index (κ1) is 19.0. The number of hydrogen-bond acceptors (Lipinski definition) is 2. The summed E-state index contributed by atoms with van der Waals surface area (Å²) in [7, 11) is 0. The lowest BCUT2D eigenvalue weighted by molar-refractivity contribution is 0.561. The largest absolute Gasteiger partial charge is 0.224 e. The summed E-state index contributed by atoms with van der Waals surface area (Å²) < 4.78 is 4.85. The van der Waals surface area contributed by atoms with Gasteiger partial charge in [0.25, 0.3) is 0 Å². The van der Waals surface area contributed by atoms with E-state index >= 15 is 0 Å². The topological polar surface area (TPSA) is 12.4 Å². The van der Waals surface area contributed by atoms with Gasteiger partial charge in [-0.3, -0.25) is 0 Å². The summed E-state index contributed by atoms with van der Waals surface area (Å²) in [6, 6.07) is 32.5. The van der Waals surface area contributed by atoms with Gasteiger partial charge in [-0.15, -0.1) is 0 Å². The molecule has 2 heteroatoms. The molecule has 142 valence electrons. The van der Waals surface area contributed by atoms with Crippen LogP contribution in [0.4, 0.5) is 0 Å². The van der Waals surface area contributed by atoms with Crippen molar-refractivity contribution in [2.75, 3.05) is 0 Å². The fourth-order valence-electron chi connectivity index (χ4n) is 4.11. The quantitative estimate of drug-likeness (QED) is 0.332. The lowest BCUT2D eigenvalue weighted by Crippen LogP contribution is -2.25.